The van der Waals surface area contributed by atoms with Crippen LogP contribution < -0.4 is 5.32 Å². The monoisotopic (exact) mass is 189 g/mol. The molecule has 0 aromatic rings. The Morgan fingerprint density at radius 2 is 2.15 bits per heavy atom. The second-order valence-corrected chi connectivity index (χ2v) is 4.06. The van der Waals surface area contributed by atoms with E-state index in [1.54, 1.807) is 14.0 Å². The molecule has 4 nitrogen and oxygen atoms in total. The van der Waals surface area contributed by atoms with Gasteiger partial charge in [0, 0.05) is 19.7 Å². The number of nitrogens with one attached hydrogen (secondary N) is 1. The van der Waals surface area contributed by atoms with Crippen LogP contribution in [0.5, 0.6) is 0 Å². The van der Waals surface area contributed by atoms with Crippen LogP contribution in [0.25, 0.3) is 0 Å². The summed E-state index contributed by atoms with van der Waals surface area (Å²) in [5.41, 5.74) is -1.00. The van der Waals surface area contributed by atoms with E-state index in [2.05, 4.69) is 5.32 Å². The summed E-state index contributed by atoms with van der Waals surface area (Å²) >= 11 is 0. The maximum Gasteiger partial charge on any atom is 0.0972 e. The van der Waals surface area contributed by atoms with E-state index < -0.39 is 5.60 Å². The van der Waals surface area contributed by atoms with Gasteiger partial charge >= 0.3 is 0 Å². The van der Waals surface area contributed by atoms with Crippen molar-refractivity contribution in [2.75, 3.05) is 20.3 Å². The predicted molar refractivity (Wildman–Crippen MR) is 49.5 cm³/mol. The zero-order valence-electron chi connectivity index (χ0n) is 8.29. The maximum absolute atomic E-state index is 9.47. The summed E-state index contributed by atoms with van der Waals surface area (Å²) in [5, 5.41) is 21.4. The molecule has 13 heavy (non-hydrogen) atoms. The third-order valence-electron chi connectivity index (χ3n) is 2.54. The summed E-state index contributed by atoms with van der Waals surface area (Å²) in [7, 11) is 1.71. The minimum absolute atomic E-state index is 0.208. The summed E-state index contributed by atoms with van der Waals surface area (Å²) in [6.45, 7) is 1.84. The molecule has 0 saturated heterocycles. The zero-order valence-corrected chi connectivity index (χ0v) is 8.29. The van der Waals surface area contributed by atoms with E-state index in [4.69, 9.17) is 9.84 Å². The number of hydrogen-bond acceptors (Lipinski definition) is 4. The van der Waals surface area contributed by atoms with Crippen LogP contribution in [0.1, 0.15) is 19.8 Å². The summed E-state index contributed by atoms with van der Waals surface area (Å²) < 4.78 is 5.12. The highest BCUT2D eigenvalue weighted by Crippen LogP contribution is 2.22. The van der Waals surface area contributed by atoms with Gasteiger partial charge in [-0.15, -0.1) is 0 Å². The quantitative estimate of drug-likeness (QED) is 0.545. The van der Waals surface area contributed by atoms with Crippen molar-refractivity contribution < 1.29 is 14.9 Å². The molecule has 0 aliphatic heterocycles. The van der Waals surface area contributed by atoms with Crippen LogP contribution >= 0.6 is 0 Å². The lowest BCUT2D eigenvalue weighted by Gasteiger charge is -2.36. The fourth-order valence-electron chi connectivity index (χ4n) is 1.34. The molecule has 0 radical (unpaired) electrons. The van der Waals surface area contributed by atoms with Crippen LogP contribution in [0.3, 0.4) is 0 Å². The summed E-state index contributed by atoms with van der Waals surface area (Å²) in [4.78, 5) is 0. The molecular weight excluding hydrogens is 170 g/mol. The first-order valence-corrected chi connectivity index (χ1v) is 4.67. The average molecular weight is 189 g/mol. The maximum atomic E-state index is 9.47. The fraction of sp³-hybridized carbons (Fsp3) is 1.00. The molecule has 0 aromatic heterocycles. The molecule has 1 rings (SSSR count). The topological polar surface area (TPSA) is 61.7 Å². The Kier molecular flexibility index (Phi) is 3.67. The first kappa shape index (κ1) is 10.9. The van der Waals surface area contributed by atoms with Crippen molar-refractivity contribution in [3.05, 3.63) is 0 Å². The molecule has 1 fully saturated rings. The van der Waals surface area contributed by atoms with Gasteiger partial charge in [-0.25, -0.2) is 0 Å². The highest BCUT2D eigenvalue weighted by atomic mass is 16.5. The molecule has 0 aromatic carbocycles. The van der Waals surface area contributed by atoms with Crippen LogP contribution in [-0.4, -0.2) is 48.2 Å². The average Bonchev–Trinajstić information content (AvgIpc) is 2.02. The van der Waals surface area contributed by atoms with Crippen molar-refractivity contribution in [2.45, 2.75) is 37.5 Å². The second-order valence-electron chi connectivity index (χ2n) is 4.06. The lowest BCUT2D eigenvalue weighted by Crippen LogP contribution is -2.51. The fourth-order valence-corrected chi connectivity index (χ4v) is 1.34. The van der Waals surface area contributed by atoms with Gasteiger partial charge in [0.05, 0.1) is 18.3 Å². The molecule has 3 N–H and O–H groups in total. The van der Waals surface area contributed by atoms with Crippen molar-refractivity contribution in [3.8, 4) is 0 Å². The summed E-state index contributed by atoms with van der Waals surface area (Å²) in [5.74, 6) is 0. The van der Waals surface area contributed by atoms with Crippen LogP contribution in [0.15, 0.2) is 0 Å². The van der Waals surface area contributed by atoms with Crippen molar-refractivity contribution in [3.63, 3.8) is 0 Å². The number of methoxy groups -OCH3 is 1. The Balaban J connectivity index is 2.08. The van der Waals surface area contributed by atoms with Crippen molar-refractivity contribution in [1.82, 2.24) is 5.32 Å². The van der Waals surface area contributed by atoms with Gasteiger partial charge in [-0.2, -0.15) is 0 Å². The molecule has 1 aliphatic rings. The van der Waals surface area contributed by atoms with E-state index in [1.165, 1.54) is 0 Å². The molecule has 1 saturated carbocycles. The van der Waals surface area contributed by atoms with Crippen LogP contribution in [-0.2, 0) is 4.74 Å². The number of hydrogen-bond donors (Lipinski definition) is 3. The Morgan fingerprint density at radius 1 is 1.54 bits per heavy atom. The Bertz CT molecular complexity index is 155. The summed E-state index contributed by atoms with van der Waals surface area (Å²) in [6, 6.07) is 0.433. The number of aliphatic hydroxyl groups is 2. The Labute approximate surface area is 78.9 Å². The SMILES string of the molecule is COC1CC(NCC(C)(O)CO)C1. The van der Waals surface area contributed by atoms with Crippen molar-refractivity contribution >= 4 is 0 Å². The van der Waals surface area contributed by atoms with Gasteiger partial charge in [0.1, 0.15) is 0 Å². The number of rotatable bonds is 5. The highest BCUT2D eigenvalue weighted by molar-refractivity contribution is 4.88. The molecule has 0 heterocycles. The van der Waals surface area contributed by atoms with E-state index in [9.17, 15) is 5.11 Å². The van der Waals surface area contributed by atoms with Gasteiger partial charge in [-0.1, -0.05) is 0 Å². The molecule has 0 bridgehead atoms. The molecule has 1 atom stereocenters. The van der Waals surface area contributed by atoms with Gasteiger partial charge in [-0.05, 0) is 19.8 Å². The third kappa shape index (κ3) is 3.23. The molecule has 78 valence electrons. The minimum atomic E-state index is -1.00. The minimum Gasteiger partial charge on any atom is -0.393 e. The van der Waals surface area contributed by atoms with E-state index in [0.29, 0.717) is 18.7 Å². The molecule has 1 unspecified atom stereocenters. The zero-order chi connectivity index (χ0) is 9.90. The first-order chi connectivity index (χ1) is 6.07. The number of aliphatic hydroxyl groups excluding tert-OH is 1. The van der Waals surface area contributed by atoms with E-state index >= 15 is 0 Å². The van der Waals surface area contributed by atoms with Gasteiger partial charge < -0.3 is 20.3 Å². The molecule has 0 spiro atoms. The van der Waals surface area contributed by atoms with Crippen LogP contribution in [0.4, 0.5) is 0 Å². The highest BCUT2D eigenvalue weighted by Gasteiger charge is 2.30. The first-order valence-electron chi connectivity index (χ1n) is 4.67. The second kappa shape index (κ2) is 4.37. The lowest BCUT2D eigenvalue weighted by molar-refractivity contribution is -0.0176. The third-order valence-corrected chi connectivity index (χ3v) is 2.54. The van der Waals surface area contributed by atoms with Gasteiger partial charge in [-0.3, -0.25) is 0 Å². The molecule has 1 aliphatic carbocycles. The van der Waals surface area contributed by atoms with Gasteiger partial charge in [0.25, 0.3) is 0 Å². The van der Waals surface area contributed by atoms with Crippen LogP contribution in [0, 0.1) is 0 Å². The van der Waals surface area contributed by atoms with Crippen molar-refractivity contribution in [1.29, 1.82) is 0 Å². The number of ether oxygens (including phenoxy) is 1. The summed E-state index contributed by atoms with van der Waals surface area (Å²) in [6.07, 6.45) is 2.37. The largest absolute Gasteiger partial charge is 0.393 e. The van der Waals surface area contributed by atoms with Gasteiger partial charge in [0.2, 0.25) is 0 Å². The predicted octanol–water partition coefficient (Wildman–Crippen LogP) is -0.503. The Hall–Kier alpha value is -0.160. The normalized spacial score (nSPS) is 32.3. The standard InChI is InChI=1S/C9H19NO3/c1-9(12,6-11)5-10-7-3-8(4-7)13-2/h7-8,10-12H,3-6H2,1-2H3. The molecular formula is C9H19NO3. The van der Waals surface area contributed by atoms with E-state index in [-0.39, 0.29) is 6.61 Å². The lowest BCUT2D eigenvalue weighted by atomic mass is 9.89. The van der Waals surface area contributed by atoms with E-state index in [0.717, 1.165) is 12.8 Å². The Morgan fingerprint density at radius 3 is 2.62 bits per heavy atom. The van der Waals surface area contributed by atoms with E-state index in [1.807, 2.05) is 0 Å². The smallest absolute Gasteiger partial charge is 0.0972 e. The molecule has 4 heteroatoms. The van der Waals surface area contributed by atoms with Crippen LogP contribution in [0.2, 0.25) is 0 Å². The molecule has 0 amide bonds. The van der Waals surface area contributed by atoms with Gasteiger partial charge in [0.15, 0.2) is 0 Å². The van der Waals surface area contributed by atoms with Crippen molar-refractivity contribution in [2.24, 2.45) is 0 Å².